The van der Waals surface area contributed by atoms with Gasteiger partial charge in [-0.05, 0) is 47.5 Å². The molecule has 5 nitrogen and oxygen atoms in total. The van der Waals surface area contributed by atoms with Crippen LogP contribution in [0.4, 0.5) is 4.39 Å². The Bertz CT molecular complexity index is 2220. The topological polar surface area (TPSA) is 56.7 Å². The van der Waals surface area contributed by atoms with Gasteiger partial charge in [-0.15, -0.1) is 48.0 Å². The SMILES string of the molecule is CC(C)(C)c1ccc2c(n1)nc(-c1[c-]cc(F)c3c1oc1ccccc13)n2-c1ccccc1.[Ir].[c-]1ccccc1-c1ccccn1. The molecule has 0 aliphatic heterocycles. The van der Waals surface area contributed by atoms with Crippen LogP contribution >= 0.6 is 0 Å². The number of halogens is 1. The van der Waals surface area contributed by atoms with E-state index in [4.69, 9.17) is 14.4 Å². The van der Waals surface area contributed by atoms with Gasteiger partial charge in [-0.3, -0.25) is 9.37 Å². The summed E-state index contributed by atoms with van der Waals surface area (Å²) in [5.41, 5.74) is 6.94. The Hall–Kier alpha value is -4.97. The van der Waals surface area contributed by atoms with Crippen molar-refractivity contribution in [3.63, 3.8) is 0 Å². The minimum atomic E-state index is -0.366. The van der Waals surface area contributed by atoms with Gasteiger partial charge in [-0.2, -0.15) is 0 Å². The largest absolute Gasteiger partial charge is 0.500 e. The Kier molecular flexibility index (Phi) is 8.63. The maximum absolute atomic E-state index is 14.9. The van der Waals surface area contributed by atoms with Gasteiger partial charge in [-0.25, -0.2) is 4.98 Å². The third kappa shape index (κ3) is 5.87. The number of aromatic nitrogens is 4. The third-order valence-corrected chi connectivity index (χ3v) is 7.58. The van der Waals surface area contributed by atoms with E-state index in [1.807, 2.05) is 114 Å². The molecule has 0 fully saturated rings. The standard InChI is InChI=1S/C28H21FN3O.C11H8N.Ir/c1-28(2,3)23-16-15-21-26(30-23)31-27(32(21)17-9-5-4-6-10-17)19-13-14-20(29)24-18-11-7-8-12-22(18)33-25(19)24;1-2-6-10(7-3-1)11-8-4-5-9-12-11;/h4-12,14-16H,1-3H3;1-6,8-9H;/q2*-1;. The van der Waals surface area contributed by atoms with Gasteiger partial charge in [0.1, 0.15) is 5.58 Å². The van der Waals surface area contributed by atoms with E-state index >= 15 is 0 Å². The Morgan fingerprint density at radius 3 is 2.28 bits per heavy atom. The second-order valence-electron chi connectivity index (χ2n) is 11.7. The molecule has 0 aliphatic rings. The summed E-state index contributed by atoms with van der Waals surface area (Å²) in [5.74, 6) is 0.244. The number of imidazole rings is 1. The molecule has 0 N–H and O–H groups in total. The summed E-state index contributed by atoms with van der Waals surface area (Å²) < 4.78 is 23.1. The average Bonchev–Trinajstić information content (AvgIpc) is 3.65. The molecule has 46 heavy (non-hydrogen) atoms. The van der Waals surface area contributed by atoms with Crippen LogP contribution in [0.25, 0.3) is 61.4 Å². The fourth-order valence-electron chi connectivity index (χ4n) is 5.36. The Morgan fingerprint density at radius 1 is 0.783 bits per heavy atom. The molecule has 0 saturated carbocycles. The van der Waals surface area contributed by atoms with Crippen LogP contribution < -0.4 is 0 Å². The van der Waals surface area contributed by atoms with Crippen molar-refractivity contribution in [1.82, 2.24) is 19.5 Å². The van der Waals surface area contributed by atoms with Gasteiger partial charge in [0.2, 0.25) is 0 Å². The number of nitrogens with zero attached hydrogens (tertiary/aromatic N) is 4. The molecule has 4 aromatic carbocycles. The third-order valence-electron chi connectivity index (χ3n) is 7.58. The predicted octanol–water partition coefficient (Wildman–Crippen LogP) is 9.77. The van der Waals surface area contributed by atoms with Crippen LogP contribution in [-0.4, -0.2) is 19.5 Å². The minimum absolute atomic E-state index is 0. The number of fused-ring (bicyclic) bond motifs is 4. The molecule has 0 amide bonds. The second-order valence-corrected chi connectivity index (χ2v) is 11.7. The summed E-state index contributed by atoms with van der Waals surface area (Å²) in [6.07, 6.45) is 1.79. The molecule has 1 radical (unpaired) electrons. The number of furan rings is 1. The second kappa shape index (κ2) is 12.8. The summed E-state index contributed by atoms with van der Waals surface area (Å²) in [5, 5.41) is 1.17. The summed E-state index contributed by atoms with van der Waals surface area (Å²) in [6, 6.07) is 42.8. The van der Waals surface area contributed by atoms with Crippen molar-refractivity contribution in [2.45, 2.75) is 26.2 Å². The first-order valence-corrected chi connectivity index (χ1v) is 14.7. The molecule has 0 atom stereocenters. The van der Waals surface area contributed by atoms with E-state index in [0.717, 1.165) is 33.5 Å². The minimum Gasteiger partial charge on any atom is -0.500 e. The molecule has 4 heterocycles. The fourth-order valence-corrected chi connectivity index (χ4v) is 5.36. The molecule has 8 aromatic rings. The summed E-state index contributed by atoms with van der Waals surface area (Å²) in [7, 11) is 0. The monoisotopic (exact) mass is 781 g/mol. The molecule has 0 unspecified atom stereocenters. The van der Waals surface area contributed by atoms with Crippen LogP contribution in [0.1, 0.15) is 26.5 Å². The van der Waals surface area contributed by atoms with Gasteiger partial charge in [0.25, 0.3) is 0 Å². The fraction of sp³-hybridized carbons (Fsp3) is 0.103. The van der Waals surface area contributed by atoms with Crippen molar-refractivity contribution in [1.29, 1.82) is 0 Å². The zero-order valence-electron chi connectivity index (χ0n) is 25.5. The van der Waals surface area contributed by atoms with Crippen molar-refractivity contribution in [3.05, 3.63) is 145 Å². The van der Waals surface area contributed by atoms with Crippen molar-refractivity contribution >= 4 is 33.1 Å². The average molecular weight is 781 g/mol. The molecule has 0 spiro atoms. The quantitative estimate of drug-likeness (QED) is 0.168. The molecule has 4 aromatic heterocycles. The smallest absolute Gasteiger partial charge is 0.168 e. The van der Waals surface area contributed by atoms with E-state index in [-0.39, 0.29) is 31.3 Å². The van der Waals surface area contributed by atoms with E-state index < -0.39 is 0 Å². The summed E-state index contributed by atoms with van der Waals surface area (Å²) >= 11 is 0. The van der Waals surface area contributed by atoms with E-state index in [9.17, 15) is 4.39 Å². The van der Waals surface area contributed by atoms with E-state index in [2.05, 4.69) is 37.9 Å². The Balaban J connectivity index is 0.000000241. The van der Waals surface area contributed by atoms with Crippen molar-refractivity contribution in [3.8, 4) is 28.3 Å². The van der Waals surface area contributed by atoms with Crippen LogP contribution in [0.15, 0.2) is 126 Å². The maximum atomic E-state index is 14.9. The van der Waals surface area contributed by atoms with Gasteiger partial charge >= 0.3 is 0 Å². The van der Waals surface area contributed by atoms with Crippen LogP contribution in [0.5, 0.6) is 0 Å². The molecule has 229 valence electrons. The molecule has 8 rings (SSSR count). The summed E-state index contributed by atoms with van der Waals surface area (Å²) in [6.45, 7) is 6.38. The predicted molar refractivity (Wildman–Crippen MR) is 178 cm³/mol. The van der Waals surface area contributed by atoms with E-state index in [1.54, 1.807) is 6.20 Å². The summed E-state index contributed by atoms with van der Waals surface area (Å²) in [4.78, 5) is 14.0. The first-order valence-electron chi connectivity index (χ1n) is 14.7. The maximum Gasteiger partial charge on any atom is 0.168 e. The van der Waals surface area contributed by atoms with Crippen LogP contribution in [-0.2, 0) is 25.5 Å². The number of pyridine rings is 2. The van der Waals surface area contributed by atoms with Gasteiger partial charge in [-0.1, -0.05) is 74.9 Å². The van der Waals surface area contributed by atoms with Gasteiger partial charge in [0.15, 0.2) is 5.65 Å². The van der Waals surface area contributed by atoms with Gasteiger partial charge in [0, 0.05) is 54.3 Å². The zero-order valence-corrected chi connectivity index (χ0v) is 27.9. The molecule has 7 heteroatoms. The number of benzene rings is 4. The van der Waals surface area contributed by atoms with Crippen LogP contribution in [0.3, 0.4) is 0 Å². The first-order chi connectivity index (χ1) is 21.9. The normalized spacial score (nSPS) is 11.3. The van der Waals surface area contributed by atoms with Crippen molar-refractivity contribution in [2.24, 2.45) is 0 Å². The number of para-hydroxylation sites is 2. The Labute approximate surface area is 280 Å². The van der Waals surface area contributed by atoms with E-state index in [0.29, 0.717) is 33.6 Å². The Morgan fingerprint density at radius 2 is 1.54 bits per heavy atom. The molecule has 0 saturated heterocycles. The molecular formula is C39H29FIrN4O-2. The number of rotatable bonds is 3. The number of hydrogen-bond acceptors (Lipinski definition) is 4. The zero-order chi connectivity index (χ0) is 31.0. The van der Waals surface area contributed by atoms with Gasteiger partial charge < -0.3 is 14.0 Å². The molecular weight excluding hydrogens is 752 g/mol. The van der Waals surface area contributed by atoms with Gasteiger partial charge in [0.05, 0.1) is 16.9 Å². The number of hydrogen-bond donors (Lipinski definition) is 0. The first kappa shape index (κ1) is 31.0. The van der Waals surface area contributed by atoms with Crippen LogP contribution in [0, 0.1) is 17.9 Å². The molecule has 0 bridgehead atoms. The van der Waals surface area contributed by atoms with Crippen LogP contribution in [0.2, 0.25) is 0 Å². The van der Waals surface area contributed by atoms with E-state index in [1.165, 1.54) is 6.07 Å². The van der Waals surface area contributed by atoms with Crippen molar-refractivity contribution in [2.75, 3.05) is 0 Å². The molecule has 0 aliphatic carbocycles. The van der Waals surface area contributed by atoms with Crippen molar-refractivity contribution < 1.29 is 28.9 Å².